The summed E-state index contributed by atoms with van der Waals surface area (Å²) in [6.07, 6.45) is 3.43. The van der Waals surface area contributed by atoms with Crippen LogP contribution in [0.4, 0.5) is 0 Å². The first-order chi connectivity index (χ1) is 11.5. The van der Waals surface area contributed by atoms with Gasteiger partial charge in [0.1, 0.15) is 0 Å². The van der Waals surface area contributed by atoms with Crippen molar-refractivity contribution in [3.05, 3.63) is 34.9 Å². The zero-order chi connectivity index (χ0) is 17.5. The number of carbonyl (C=O) groups excluding carboxylic acids is 2. The van der Waals surface area contributed by atoms with Gasteiger partial charge in [0.15, 0.2) is 0 Å². The van der Waals surface area contributed by atoms with Crippen LogP contribution >= 0.6 is 11.6 Å². The number of likely N-dealkylation sites (tertiary alicyclic amines) is 1. The van der Waals surface area contributed by atoms with E-state index in [1.54, 1.807) is 11.8 Å². The molecule has 2 amide bonds. The normalized spacial score (nSPS) is 17.6. The van der Waals surface area contributed by atoms with Gasteiger partial charge in [0.2, 0.25) is 11.8 Å². The molecule has 0 radical (unpaired) electrons. The molecule has 0 N–H and O–H groups in total. The number of benzene rings is 1. The maximum atomic E-state index is 12.4. The van der Waals surface area contributed by atoms with E-state index in [0.29, 0.717) is 30.5 Å². The second-order valence-electron chi connectivity index (χ2n) is 6.72. The minimum atomic E-state index is 0.0110. The third-order valence-corrected chi connectivity index (χ3v) is 4.85. The quantitative estimate of drug-likeness (QED) is 0.789. The Morgan fingerprint density at radius 2 is 2.12 bits per heavy atom. The van der Waals surface area contributed by atoms with E-state index in [1.165, 1.54) is 6.42 Å². The smallest absolute Gasteiger partial charge is 0.224 e. The summed E-state index contributed by atoms with van der Waals surface area (Å²) in [5, 5.41) is 0.705. The Hall–Kier alpha value is -1.55. The van der Waals surface area contributed by atoms with Crippen molar-refractivity contribution in [3.63, 3.8) is 0 Å². The van der Waals surface area contributed by atoms with Crippen LogP contribution in [-0.4, -0.2) is 47.8 Å². The van der Waals surface area contributed by atoms with Gasteiger partial charge in [-0.3, -0.25) is 9.59 Å². The van der Waals surface area contributed by atoms with E-state index in [2.05, 4.69) is 6.92 Å². The molecule has 1 aromatic carbocycles. The maximum absolute atomic E-state index is 12.4. The lowest BCUT2D eigenvalue weighted by molar-refractivity contribution is -0.134. The van der Waals surface area contributed by atoms with E-state index in [4.69, 9.17) is 11.6 Å². The van der Waals surface area contributed by atoms with E-state index >= 15 is 0 Å². The average Bonchev–Trinajstić information content (AvgIpc) is 2.54. The molecule has 2 rings (SSSR count). The van der Waals surface area contributed by atoms with E-state index in [9.17, 15) is 9.59 Å². The van der Waals surface area contributed by atoms with E-state index in [1.807, 2.05) is 29.2 Å². The summed E-state index contributed by atoms with van der Waals surface area (Å²) in [6, 6.07) is 7.67. The molecule has 1 aliphatic rings. The number of nitrogens with zero attached hydrogens (tertiary/aromatic N) is 2. The third kappa shape index (κ3) is 5.82. The van der Waals surface area contributed by atoms with E-state index in [-0.39, 0.29) is 11.8 Å². The van der Waals surface area contributed by atoms with Crippen molar-refractivity contribution in [1.29, 1.82) is 0 Å². The molecule has 0 bridgehead atoms. The minimum absolute atomic E-state index is 0.0110. The van der Waals surface area contributed by atoms with Crippen molar-refractivity contribution in [2.75, 3.05) is 26.2 Å². The highest BCUT2D eigenvalue weighted by Crippen LogP contribution is 2.16. The monoisotopic (exact) mass is 350 g/mol. The molecular formula is C19H27ClN2O2. The van der Waals surface area contributed by atoms with Gasteiger partial charge in [-0.1, -0.05) is 30.7 Å². The summed E-state index contributed by atoms with van der Waals surface area (Å²) in [5.74, 6) is 0.752. The van der Waals surface area contributed by atoms with Crippen molar-refractivity contribution in [1.82, 2.24) is 9.80 Å². The number of halogens is 1. The number of hydrogen-bond acceptors (Lipinski definition) is 2. The molecule has 1 heterocycles. The molecule has 24 heavy (non-hydrogen) atoms. The molecule has 1 aliphatic heterocycles. The van der Waals surface area contributed by atoms with E-state index in [0.717, 1.165) is 31.5 Å². The van der Waals surface area contributed by atoms with Crippen LogP contribution < -0.4 is 0 Å². The fourth-order valence-electron chi connectivity index (χ4n) is 3.19. The first kappa shape index (κ1) is 18.8. The standard InChI is InChI=1S/C19H27ClN2O2/c1-15-5-4-10-22(14-15)19(24)9-12-21(16(2)23)11-8-17-6-3-7-18(20)13-17/h3,6-7,13,15H,4-5,8-12,14H2,1-2H3. The molecule has 132 valence electrons. The predicted octanol–water partition coefficient (Wildman–Crippen LogP) is 3.38. The fourth-order valence-corrected chi connectivity index (χ4v) is 3.40. The van der Waals surface area contributed by atoms with Crippen LogP contribution in [0, 0.1) is 5.92 Å². The van der Waals surface area contributed by atoms with Crippen molar-refractivity contribution in [3.8, 4) is 0 Å². The largest absolute Gasteiger partial charge is 0.342 e. The van der Waals surface area contributed by atoms with Gasteiger partial charge < -0.3 is 9.80 Å². The molecule has 0 aliphatic carbocycles. The van der Waals surface area contributed by atoms with Crippen LogP contribution in [-0.2, 0) is 16.0 Å². The molecule has 1 atom stereocenters. The molecule has 5 heteroatoms. The summed E-state index contributed by atoms with van der Waals surface area (Å²) >= 11 is 5.99. The molecule has 1 aromatic rings. The third-order valence-electron chi connectivity index (χ3n) is 4.61. The first-order valence-corrected chi connectivity index (χ1v) is 9.11. The SMILES string of the molecule is CC(=O)N(CCC(=O)N1CCCC(C)C1)CCc1cccc(Cl)c1. The van der Waals surface area contributed by atoms with Crippen molar-refractivity contribution < 1.29 is 9.59 Å². The van der Waals surface area contributed by atoms with Gasteiger partial charge in [-0.15, -0.1) is 0 Å². The highest BCUT2D eigenvalue weighted by Gasteiger charge is 2.21. The number of hydrogen-bond donors (Lipinski definition) is 0. The summed E-state index contributed by atoms with van der Waals surface area (Å²) in [7, 11) is 0. The molecule has 0 spiro atoms. The molecule has 0 saturated carbocycles. The average molecular weight is 351 g/mol. The first-order valence-electron chi connectivity index (χ1n) is 8.73. The zero-order valence-electron chi connectivity index (χ0n) is 14.6. The van der Waals surface area contributed by atoms with Crippen LogP contribution in [0.2, 0.25) is 5.02 Å². The molecular weight excluding hydrogens is 324 g/mol. The lowest BCUT2D eigenvalue weighted by Crippen LogP contribution is -2.41. The zero-order valence-corrected chi connectivity index (χ0v) is 15.4. The van der Waals surface area contributed by atoms with Crippen LogP contribution in [0.15, 0.2) is 24.3 Å². The van der Waals surface area contributed by atoms with Crippen LogP contribution in [0.1, 0.15) is 38.7 Å². The van der Waals surface area contributed by atoms with Crippen molar-refractivity contribution in [2.45, 2.75) is 39.5 Å². The van der Waals surface area contributed by atoms with Gasteiger partial charge in [-0.2, -0.15) is 0 Å². The van der Waals surface area contributed by atoms with Crippen LogP contribution in [0.5, 0.6) is 0 Å². The van der Waals surface area contributed by atoms with Gasteiger partial charge in [-0.25, -0.2) is 0 Å². The Kier molecular flexibility index (Phi) is 7.10. The Morgan fingerprint density at radius 1 is 1.33 bits per heavy atom. The van der Waals surface area contributed by atoms with Crippen LogP contribution in [0.3, 0.4) is 0 Å². The molecule has 0 aromatic heterocycles. The van der Waals surface area contributed by atoms with Gasteiger partial charge in [0, 0.05) is 44.5 Å². The van der Waals surface area contributed by atoms with Gasteiger partial charge >= 0.3 is 0 Å². The Balaban J connectivity index is 1.82. The topological polar surface area (TPSA) is 40.6 Å². The Morgan fingerprint density at radius 3 is 2.79 bits per heavy atom. The summed E-state index contributed by atoms with van der Waals surface area (Å²) in [6.45, 7) is 6.55. The van der Waals surface area contributed by atoms with Gasteiger partial charge in [0.05, 0.1) is 0 Å². The van der Waals surface area contributed by atoms with E-state index < -0.39 is 0 Å². The Bertz CT molecular complexity index is 576. The van der Waals surface area contributed by atoms with Crippen molar-refractivity contribution in [2.24, 2.45) is 5.92 Å². The lowest BCUT2D eigenvalue weighted by Gasteiger charge is -2.31. The summed E-state index contributed by atoms with van der Waals surface area (Å²) in [4.78, 5) is 27.9. The second kappa shape index (κ2) is 9.07. The lowest BCUT2D eigenvalue weighted by atomic mass is 10.00. The highest BCUT2D eigenvalue weighted by molar-refractivity contribution is 6.30. The molecule has 1 fully saturated rings. The molecule has 1 unspecified atom stereocenters. The van der Waals surface area contributed by atoms with Crippen molar-refractivity contribution >= 4 is 23.4 Å². The van der Waals surface area contributed by atoms with Gasteiger partial charge in [0.25, 0.3) is 0 Å². The predicted molar refractivity (Wildman–Crippen MR) is 97.0 cm³/mol. The summed E-state index contributed by atoms with van der Waals surface area (Å²) < 4.78 is 0. The summed E-state index contributed by atoms with van der Waals surface area (Å²) in [5.41, 5.74) is 1.10. The molecule has 4 nitrogen and oxygen atoms in total. The second-order valence-corrected chi connectivity index (χ2v) is 7.16. The number of carbonyl (C=O) groups is 2. The fraction of sp³-hybridized carbons (Fsp3) is 0.579. The minimum Gasteiger partial charge on any atom is -0.342 e. The Labute approximate surface area is 149 Å². The van der Waals surface area contributed by atoms with Gasteiger partial charge in [-0.05, 0) is 42.9 Å². The number of rotatable bonds is 6. The number of amides is 2. The molecule has 1 saturated heterocycles. The van der Waals surface area contributed by atoms with Crippen LogP contribution in [0.25, 0.3) is 0 Å². The maximum Gasteiger partial charge on any atom is 0.224 e. The number of piperidine rings is 1. The highest BCUT2D eigenvalue weighted by atomic mass is 35.5.